The fraction of sp³-hybridized carbons (Fsp3) is 0.370. The van der Waals surface area contributed by atoms with Crippen molar-refractivity contribution in [3.8, 4) is 0 Å². The van der Waals surface area contributed by atoms with E-state index in [1.807, 2.05) is 5.38 Å². The van der Waals surface area contributed by atoms with Crippen LogP contribution in [0.25, 0.3) is 0 Å². The molecule has 0 bridgehead atoms. The van der Waals surface area contributed by atoms with Crippen molar-refractivity contribution in [3.63, 3.8) is 0 Å². The predicted molar refractivity (Wildman–Crippen MR) is 149 cm³/mol. The summed E-state index contributed by atoms with van der Waals surface area (Å²) in [7, 11) is 0.954. The van der Waals surface area contributed by atoms with Crippen LogP contribution in [0.4, 0.5) is 13.2 Å². The fourth-order valence-corrected chi connectivity index (χ4v) is 6.54. The Morgan fingerprint density at radius 1 is 1.19 bits per heavy atom. The van der Waals surface area contributed by atoms with Crippen LogP contribution in [0.3, 0.4) is 0 Å². The summed E-state index contributed by atoms with van der Waals surface area (Å²) >= 11 is 14.1. The number of piperidine rings is 1. The Labute approximate surface area is 251 Å². The lowest BCUT2D eigenvalue weighted by Crippen LogP contribution is -2.42. The van der Waals surface area contributed by atoms with Crippen molar-refractivity contribution in [2.45, 2.75) is 44.0 Å². The molecule has 2 aliphatic rings. The molecule has 1 atom stereocenters. The first-order valence-corrected chi connectivity index (χ1v) is 14.4. The summed E-state index contributed by atoms with van der Waals surface area (Å²) in [5, 5.41) is 7.94. The number of thiazole rings is 1. The van der Waals surface area contributed by atoms with E-state index in [4.69, 9.17) is 33.0 Å². The van der Waals surface area contributed by atoms with Crippen LogP contribution in [0.5, 0.6) is 0 Å². The molecular weight excluding hydrogens is 620 g/mol. The molecule has 5 rings (SSSR count). The summed E-state index contributed by atoms with van der Waals surface area (Å²) < 4.78 is 45.2. The van der Waals surface area contributed by atoms with Crippen LogP contribution in [0.15, 0.2) is 45.8 Å². The van der Waals surface area contributed by atoms with E-state index in [1.54, 1.807) is 18.2 Å². The summed E-state index contributed by atoms with van der Waals surface area (Å²) in [4.78, 5) is 49.3. The van der Waals surface area contributed by atoms with Crippen LogP contribution in [0, 0.1) is 0 Å². The Morgan fingerprint density at radius 2 is 1.88 bits per heavy atom. The molecule has 0 aliphatic carbocycles. The number of oxime groups is 1. The summed E-state index contributed by atoms with van der Waals surface area (Å²) in [6.07, 6.45) is -3.11. The van der Waals surface area contributed by atoms with E-state index in [9.17, 15) is 27.6 Å². The number of likely N-dealkylation sites (tertiary alicyclic amines) is 1. The molecule has 0 saturated carbocycles. The number of nitrogens with zero attached hydrogens (tertiary/aromatic N) is 4. The van der Waals surface area contributed by atoms with Crippen molar-refractivity contribution >= 4 is 52.1 Å². The molecule has 2 aliphatic heterocycles. The number of halogens is 5. The van der Waals surface area contributed by atoms with Crippen LogP contribution >= 0.6 is 34.5 Å². The molecule has 1 aromatic carbocycles. The summed E-state index contributed by atoms with van der Waals surface area (Å²) in [5.74, 6) is -1.69. The van der Waals surface area contributed by atoms with Gasteiger partial charge in [-0.15, -0.1) is 11.3 Å². The van der Waals surface area contributed by atoms with Gasteiger partial charge in [0.15, 0.2) is 6.10 Å². The van der Waals surface area contributed by atoms with Gasteiger partial charge in [0.25, 0.3) is 5.56 Å². The van der Waals surface area contributed by atoms with Gasteiger partial charge in [-0.1, -0.05) is 34.4 Å². The number of rotatable bonds is 6. The molecule has 1 unspecified atom stereocenters. The Morgan fingerprint density at radius 3 is 2.52 bits per heavy atom. The molecular formula is C27H23Cl2F3N4O5S. The molecule has 9 nitrogen and oxygen atoms in total. The highest BCUT2D eigenvalue weighted by atomic mass is 35.5. The van der Waals surface area contributed by atoms with Crippen molar-refractivity contribution in [3.05, 3.63) is 83.6 Å². The van der Waals surface area contributed by atoms with Gasteiger partial charge in [0.1, 0.15) is 17.8 Å². The number of hydrogen-bond acceptors (Lipinski definition) is 8. The lowest BCUT2D eigenvalue weighted by molar-refractivity contribution is -0.139. The third kappa shape index (κ3) is 6.18. The highest BCUT2D eigenvalue weighted by Crippen LogP contribution is 2.39. The van der Waals surface area contributed by atoms with E-state index in [2.05, 4.69) is 9.89 Å². The van der Waals surface area contributed by atoms with Crippen molar-refractivity contribution < 1.29 is 32.3 Å². The van der Waals surface area contributed by atoms with Gasteiger partial charge in [0, 0.05) is 52.6 Å². The van der Waals surface area contributed by atoms with Crippen LogP contribution in [0.2, 0.25) is 10.0 Å². The predicted octanol–water partition coefficient (Wildman–Crippen LogP) is 5.69. The van der Waals surface area contributed by atoms with Crippen LogP contribution in [-0.2, 0) is 27.1 Å². The Hall–Kier alpha value is -3.42. The highest BCUT2D eigenvalue weighted by Gasteiger charge is 2.34. The van der Waals surface area contributed by atoms with Gasteiger partial charge < -0.3 is 19.0 Å². The minimum absolute atomic E-state index is 0.0618. The molecule has 0 radical (unpaired) electrons. The van der Waals surface area contributed by atoms with Crippen molar-refractivity contribution in [1.29, 1.82) is 0 Å². The van der Waals surface area contributed by atoms with E-state index in [-0.39, 0.29) is 5.92 Å². The number of carbonyl (C=O) groups is 2. The average molecular weight is 643 g/mol. The topological polar surface area (TPSA) is 103 Å². The standard InChI is InChI=1S/C27H23Cl2F3N4O5S/c1-40-26(39)16-9-15(27(30,31)32)11-36(25(16)38)12-22(37)35-7-5-14(6-8-35)24-33-20(13-42-24)19-10-21(41-34-19)23-17(28)3-2-4-18(23)29/h2-4,9,11,13-14,21H,5-8,10,12H2,1H3. The van der Waals surface area contributed by atoms with E-state index in [1.165, 1.54) is 16.2 Å². The molecule has 0 spiro atoms. The third-order valence-electron chi connectivity index (χ3n) is 7.13. The second-order valence-electron chi connectivity index (χ2n) is 9.76. The highest BCUT2D eigenvalue weighted by molar-refractivity contribution is 7.10. The van der Waals surface area contributed by atoms with Crippen molar-refractivity contribution in [2.75, 3.05) is 20.2 Å². The molecule has 1 amide bonds. The summed E-state index contributed by atoms with van der Waals surface area (Å²) in [6, 6.07) is 5.65. The summed E-state index contributed by atoms with van der Waals surface area (Å²) in [6.45, 7) is 0.00942. The third-order valence-corrected chi connectivity index (χ3v) is 8.80. The van der Waals surface area contributed by atoms with Crippen LogP contribution in [0.1, 0.15) is 63.5 Å². The quantitative estimate of drug-likeness (QED) is 0.320. The number of ether oxygens (including phenoxy) is 1. The average Bonchev–Trinajstić information content (AvgIpc) is 3.64. The number of amides is 1. The van der Waals surface area contributed by atoms with E-state index in [0.29, 0.717) is 76.2 Å². The van der Waals surface area contributed by atoms with Crippen molar-refractivity contribution in [1.82, 2.24) is 14.5 Å². The first-order valence-electron chi connectivity index (χ1n) is 12.8. The first-order chi connectivity index (χ1) is 20.0. The van der Waals surface area contributed by atoms with Gasteiger partial charge in [-0.2, -0.15) is 13.2 Å². The molecule has 0 N–H and O–H groups in total. The van der Waals surface area contributed by atoms with Gasteiger partial charge >= 0.3 is 12.1 Å². The maximum absolute atomic E-state index is 13.4. The smallest absolute Gasteiger partial charge is 0.417 e. The number of carbonyl (C=O) groups excluding carboxylic acids is 2. The lowest BCUT2D eigenvalue weighted by Gasteiger charge is -2.31. The zero-order valence-electron chi connectivity index (χ0n) is 22.0. The number of hydrogen-bond donors (Lipinski definition) is 0. The van der Waals surface area contributed by atoms with Crippen LogP contribution < -0.4 is 5.56 Å². The monoisotopic (exact) mass is 642 g/mol. The first kappa shape index (κ1) is 30.1. The molecule has 2 aromatic heterocycles. The lowest BCUT2D eigenvalue weighted by atomic mass is 9.97. The van der Waals surface area contributed by atoms with E-state index < -0.39 is 47.4 Å². The maximum Gasteiger partial charge on any atom is 0.417 e. The van der Waals surface area contributed by atoms with Gasteiger partial charge in [0.2, 0.25) is 5.91 Å². The van der Waals surface area contributed by atoms with Gasteiger partial charge in [-0.05, 0) is 31.0 Å². The maximum atomic E-state index is 13.4. The zero-order chi connectivity index (χ0) is 30.2. The molecule has 15 heteroatoms. The molecule has 42 heavy (non-hydrogen) atoms. The number of benzene rings is 1. The molecule has 222 valence electrons. The minimum Gasteiger partial charge on any atom is -0.465 e. The Bertz CT molecular complexity index is 1600. The zero-order valence-corrected chi connectivity index (χ0v) is 24.3. The molecule has 3 aromatic rings. The largest absolute Gasteiger partial charge is 0.465 e. The number of methoxy groups -OCH3 is 1. The normalized spacial score (nSPS) is 17.6. The fourth-order valence-electron chi connectivity index (χ4n) is 4.90. The van der Waals surface area contributed by atoms with E-state index in [0.717, 1.165) is 12.1 Å². The molecule has 1 fully saturated rings. The number of esters is 1. The van der Waals surface area contributed by atoms with Crippen molar-refractivity contribution in [2.24, 2.45) is 5.16 Å². The summed E-state index contributed by atoms with van der Waals surface area (Å²) in [5.41, 5.74) is -1.04. The second-order valence-corrected chi connectivity index (χ2v) is 11.5. The van der Waals surface area contributed by atoms with E-state index >= 15 is 0 Å². The second kappa shape index (κ2) is 12.1. The Balaban J connectivity index is 1.21. The van der Waals surface area contributed by atoms with Gasteiger partial charge in [-0.25, -0.2) is 9.78 Å². The molecule has 1 saturated heterocycles. The van der Waals surface area contributed by atoms with Gasteiger partial charge in [-0.3, -0.25) is 9.59 Å². The number of aromatic nitrogens is 2. The van der Waals surface area contributed by atoms with Gasteiger partial charge in [0.05, 0.1) is 23.4 Å². The van der Waals surface area contributed by atoms with Crippen LogP contribution in [-0.4, -0.2) is 52.2 Å². The Kier molecular flexibility index (Phi) is 8.63. The molecule has 4 heterocycles. The number of alkyl halides is 3. The number of pyridine rings is 1. The SMILES string of the molecule is COC(=O)c1cc(C(F)(F)F)cn(CC(=O)N2CCC(c3nc(C4=NOC(c5c(Cl)cccc5Cl)C4)cs3)CC2)c1=O. The minimum atomic E-state index is -4.83.